The SMILES string of the molecule is Nc1cc([N+](=O)[O-])cc(NC2CCC(=O)NC2=O)n1. The van der Waals surface area contributed by atoms with Crippen LogP contribution in [0, 0.1) is 10.1 Å². The van der Waals surface area contributed by atoms with Crippen LogP contribution in [0.1, 0.15) is 12.8 Å². The number of hydrogen-bond donors (Lipinski definition) is 3. The van der Waals surface area contributed by atoms with E-state index >= 15 is 0 Å². The average molecular weight is 265 g/mol. The fourth-order valence-corrected chi connectivity index (χ4v) is 1.73. The third-order valence-corrected chi connectivity index (χ3v) is 2.60. The smallest absolute Gasteiger partial charge is 0.276 e. The molecule has 1 aromatic rings. The third kappa shape index (κ3) is 2.94. The highest BCUT2D eigenvalue weighted by atomic mass is 16.6. The zero-order valence-corrected chi connectivity index (χ0v) is 9.75. The lowest BCUT2D eigenvalue weighted by Gasteiger charge is -2.22. The summed E-state index contributed by atoms with van der Waals surface area (Å²) >= 11 is 0. The molecule has 0 saturated carbocycles. The third-order valence-electron chi connectivity index (χ3n) is 2.60. The molecule has 9 heteroatoms. The van der Waals surface area contributed by atoms with Crippen molar-refractivity contribution in [2.75, 3.05) is 11.1 Å². The molecule has 1 saturated heterocycles. The van der Waals surface area contributed by atoms with E-state index < -0.39 is 16.9 Å². The second-order valence-corrected chi connectivity index (χ2v) is 4.04. The highest BCUT2D eigenvalue weighted by Gasteiger charge is 2.27. The van der Waals surface area contributed by atoms with Gasteiger partial charge in [0.1, 0.15) is 17.7 Å². The van der Waals surface area contributed by atoms with Crippen molar-refractivity contribution in [1.82, 2.24) is 10.3 Å². The molecular formula is C10H11N5O4. The number of hydrogen-bond acceptors (Lipinski definition) is 7. The van der Waals surface area contributed by atoms with E-state index in [2.05, 4.69) is 15.6 Å². The summed E-state index contributed by atoms with van der Waals surface area (Å²) in [6.45, 7) is 0. The van der Waals surface area contributed by atoms with Crippen LogP contribution in [0.3, 0.4) is 0 Å². The minimum atomic E-state index is -0.661. The number of imide groups is 1. The van der Waals surface area contributed by atoms with Crippen LogP contribution in [0.4, 0.5) is 17.3 Å². The van der Waals surface area contributed by atoms with Gasteiger partial charge in [0.05, 0.1) is 17.1 Å². The van der Waals surface area contributed by atoms with E-state index in [4.69, 9.17) is 5.73 Å². The number of nitro groups is 1. The summed E-state index contributed by atoms with van der Waals surface area (Å²) in [5.41, 5.74) is 5.23. The van der Waals surface area contributed by atoms with Crippen LogP contribution in [0.25, 0.3) is 0 Å². The van der Waals surface area contributed by atoms with Crippen molar-refractivity contribution >= 4 is 29.1 Å². The number of nitrogen functional groups attached to an aromatic ring is 1. The van der Waals surface area contributed by atoms with Gasteiger partial charge in [-0.15, -0.1) is 0 Å². The molecule has 1 aromatic heterocycles. The fourth-order valence-electron chi connectivity index (χ4n) is 1.73. The number of nitrogens with zero attached hydrogens (tertiary/aromatic N) is 2. The number of amides is 2. The van der Waals surface area contributed by atoms with Crippen molar-refractivity contribution in [3.05, 3.63) is 22.2 Å². The summed E-state index contributed by atoms with van der Waals surface area (Å²) in [5.74, 6) is -0.720. The van der Waals surface area contributed by atoms with Crippen LogP contribution >= 0.6 is 0 Å². The predicted octanol–water partition coefficient (Wildman–Crippen LogP) is -0.211. The number of nitrogens with one attached hydrogen (secondary N) is 2. The van der Waals surface area contributed by atoms with Gasteiger partial charge in [0, 0.05) is 6.42 Å². The standard InChI is InChI=1S/C10H11N5O4/c11-7-3-5(15(18)19)4-8(13-7)12-6-1-2-9(16)14-10(6)17/h3-4,6H,1-2H2,(H3,11,12,13)(H,14,16,17). The lowest BCUT2D eigenvalue weighted by Crippen LogP contribution is -2.47. The molecule has 0 spiro atoms. The molecule has 2 rings (SSSR count). The second-order valence-electron chi connectivity index (χ2n) is 4.04. The zero-order chi connectivity index (χ0) is 14.0. The lowest BCUT2D eigenvalue weighted by atomic mass is 10.1. The first-order valence-electron chi connectivity index (χ1n) is 5.48. The van der Waals surface area contributed by atoms with Gasteiger partial charge in [-0.05, 0) is 6.42 Å². The number of pyridine rings is 1. The Kier molecular flexibility index (Phi) is 3.27. The van der Waals surface area contributed by atoms with Gasteiger partial charge in [-0.2, -0.15) is 0 Å². The number of piperidine rings is 1. The van der Waals surface area contributed by atoms with Crippen LogP contribution in [0.15, 0.2) is 12.1 Å². The minimum Gasteiger partial charge on any atom is -0.383 e. The zero-order valence-electron chi connectivity index (χ0n) is 9.75. The summed E-state index contributed by atoms with van der Waals surface area (Å²) in [6, 6.07) is 1.64. The number of nitrogens with two attached hydrogens (primary N) is 1. The maximum Gasteiger partial charge on any atom is 0.276 e. The molecule has 1 aliphatic rings. The van der Waals surface area contributed by atoms with E-state index in [0.717, 1.165) is 6.07 Å². The number of aromatic nitrogens is 1. The average Bonchev–Trinajstić information content (AvgIpc) is 2.32. The highest BCUT2D eigenvalue weighted by Crippen LogP contribution is 2.20. The molecule has 0 radical (unpaired) electrons. The van der Waals surface area contributed by atoms with Gasteiger partial charge >= 0.3 is 0 Å². The molecule has 2 heterocycles. The first kappa shape index (κ1) is 12.7. The predicted molar refractivity (Wildman–Crippen MR) is 65.1 cm³/mol. The van der Waals surface area contributed by atoms with Gasteiger partial charge in [0.25, 0.3) is 5.69 Å². The van der Waals surface area contributed by atoms with Crippen LogP contribution in [0.2, 0.25) is 0 Å². The largest absolute Gasteiger partial charge is 0.383 e. The molecule has 1 fully saturated rings. The normalized spacial score (nSPS) is 18.8. The quantitative estimate of drug-likeness (QED) is 0.390. The van der Waals surface area contributed by atoms with Crippen molar-refractivity contribution in [3.63, 3.8) is 0 Å². The molecule has 1 aliphatic heterocycles. The highest BCUT2D eigenvalue weighted by molar-refractivity contribution is 6.01. The molecule has 19 heavy (non-hydrogen) atoms. The second kappa shape index (κ2) is 4.88. The van der Waals surface area contributed by atoms with E-state index in [0.29, 0.717) is 6.42 Å². The molecular weight excluding hydrogens is 254 g/mol. The van der Waals surface area contributed by atoms with Crippen molar-refractivity contribution in [2.24, 2.45) is 0 Å². The van der Waals surface area contributed by atoms with Crippen LogP contribution in [0.5, 0.6) is 0 Å². The first-order valence-corrected chi connectivity index (χ1v) is 5.48. The molecule has 9 nitrogen and oxygen atoms in total. The van der Waals surface area contributed by atoms with Crippen LogP contribution in [-0.2, 0) is 9.59 Å². The van der Waals surface area contributed by atoms with Crippen LogP contribution in [-0.4, -0.2) is 27.8 Å². The fraction of sp³-hybridized carbons (Fsp3) is 0.300. The van der Waals surface area contributed by atoms with Crippen molar-refractivity contribution in [3.8, 4) is 0 Å². The number of anilines is 2. The van der Waals surface area contributed by atoms with Gasteiger partial charge < -0.3 is 11.1 Å². The number of carbonyl (C=O) groups excluding carboxylic acids is 2. The number of rotatable bonds is 3. The Morgan fingerprint density at radius 2 is 2.21 bits per heavy atom. The number of carbonyl (C=O) groups is 2. The Bertz CT molecular complexity index is 559. The molecule has 0 aromatic carbocycles. The van der Waals surface area contributed by atoms with Gasteiger partial charge in [-0.1, -0.05) is 0 Å². The van der Waals surface area contributed by atoms with Gasteiger partial charge in [-0.25, -0.2) is 4.98 Å². The van der Waals surface area contributed by atoms with Crippen molar-refractivity contribution in [2.45, 2.75) is 18.9 Å². The van der Waals surface area contributed by atoms with E-state index in [1.165, 1.54) is 6.07 Å². The molecule has 1 atom stereocenters. The molecule has 2 amide bonds. The Morgan fingerprint density at radius 1 is 1.47 bits per heavy atom. The Labute approximate surface area is 107 Å². The van der Waals surface area contributed by atoms with Crippen LogP contribution < -0.4 is 16.4 Å². The summed E-state index contributed by atoms with van der Waals surface area (Å²) in [6.07, 6.45) is 0.503. The Hall–Kier alpha value is -2.71. The maximum atomic E-state index is 11.5. The first-order chi connectivity index (χ1) is 8.95. The molecule has 100 valence electrons. The van der Waals surface area contributed by atoms with E-state index in [9.17, 15) is 19.7 Å². The Morgan fingerprint density at radius 3 is 2.84 bits per heavy atom. The monoisotopic (exact) mass is 265 g/mol. The summed E-state index contributed by atoms with van der Waals surface area (Å²) in [7, 11) is 0. The molecule has 0 bridgehead atoms. The van der Waals surface area contributed by atoms with Gasteiger partial charge in [0.15, 0.2) is 0 Å². The molecule has 0 aliphatic carbocycles. The summed E-state index contributed by atoms with van der Waals surface area (Å²) in [4.78, 5) is 36.4. The Balaban J connectivity index is 2.17. The lowest BCUT2D eigenvalue weighted by molar-refractivity contribution is -0.384. The van der Waals surface area contributed by atoms with Crippen molar-refractivity contribution < 1.29 is 14.5 Å². The summed E-state index contributed by atoms with van der Waals surface area (Å²) in [5, 5.41) is 15.6. The van der Waals surface area contributed by atoms with E-state index in [-0.39, 0.29) is 29.7 Å². The van der Waals surface area contributed by atoms with Crippen molar-refractivity contribution in [1.29, 1.82) is 0 Å². The molecule has 1 unspecified atom stereocenters. The molecule has 4 N–H and O–H groups in total. The van der Waals surface area contributed by atoms with E-state index in [1.807, 2.05) is 0 Å². The summed E-state index contributed by atoms with van der Waals surface area (Å²) < 4.78 is 0. The minimum absolute atomic E-state index is 0.0241. The van der Waals surface area contributed by atoms with Gasteiger partial charge in [0.2, 0.25) is 11.8 Å². The van der Waals surface area contributed by atoms with Gasteiger partial charge in [-0.3, -0.25) is 25.0 Å². The topological polar surface area (TPSA) is 140 Å². The van der Waals surface area contributed by atoms with E-state index in [1.54, 1.807) is 0 Å². The maximum absolute atomic E-state index is 11.5.